The maximum Gasteiger partial charge on any atom is 0.322 e. The van der Waals surface area contributed by atoms with E-state index in [4.69, 9.17) is 0 Å². The molecular formula is C17H20BrN3O. The van der Waals surface area contributed by atoms with Crippen molar-refractivity contribution in [2.45, 2.75) is 32.9 Å². The van der Waals surface area contributed by atoms with Crippen LogP contribution in [0.5, 0.6) is 0 Å². The Kier molecular flexibility index (Phi) is 4.25. The summed E-state index contributed by atoms with van der Waals surface area (Å²) < 4.78 is 3.32. The van der Waals surface area contributed by atoms with Crippen molar-refractivity contribution in [1.82, 2.24) is 9.47 Å². The third-order valence-electron chi connectivity index (χ3n) is 4.26. The van der Waals surface area contributed by atoms with Gasteiger partial charge in [-0.1, -0.05) is 22.9 Å². The Hall–Kier alpha value is -1.75. The first-order chi connectivity index (χ1) is 10.6. The number of nitrogens with one attached hydrogen (secondary N) is 1. The highest BCUT2D eigenvalue weighted by Crippen LogP contribution is 2.30. The average molecular weight is 362 g/mol. The molecule has 116 valence electrons. The standard InChI is InChI=1S/C17H20BrN3O/c1-3-15-16-9-4-12(2)20(16)10-11-21(15)17(22)19-14-7-5-13(18)6-8-14/h4-9,15H,3,10-11H2,1-2H3,(H,19,22). The van der Waals surface area contributed by atoms with Crippen molar-refractivity contribution in [2.75, 3.05) is 11.9 Å². The first-order valence-electron chi connectivity index (χ1n) is 7.59. The Morgan fingerprint density at radius 2 is 1.95 bits per heavy atom. The number of fused-ring (bicyclic) bond motifs is 1. The van der Waals surface area contributed by atoms with Gasteiger partial charge in [0.05, 0.1) is 6.04 Å². The van der Waals surface area contributed by atoms with E-state index in [-0.39, 0.29) is 12.1 Å². The second kappa shape index (κ2) is 6.16. The lowest BCUT2D eigenvalue weighted by atomic mass is 10.1. The van der Waals surface area contributed by atoms with Crippen LogP contribution in [0.2, 0.25) is 0 Å². The minimum absolute atomic E-state index is 0.0284. The Labute approximate surface area is 139 Å². The number of carbonyl (C=O) groups excluding carboxylic acids is 1. The predicted molar refractivity (Wildman–Crippen MR) is 92.1 cm³/mol. The molecule has 0 bridgehead atoms. The molecule has 0 aliphatic carbocycles. The summed E-state index contributed by atoms with van der Waals surface area (Å²) in [7, 11) is 0. The van der Waals surface area contributed by atoms with E-state index in [2.05, 4.69) is 51.8 Å². The molecule has 5 heteroatoms. The third kappa shape index (κ3) is 2.77. The summed E-state index contributed by atoms with van der Waals surface area (Å²) >= 11 is 3.40. The van der Waals surface area contributed by atoms with Crippen LogP contribution in [0.15, 0.2) is 40.9 Å². The van der Waals surface area contributed by atoms with Crippen molar-refractivity contribution >= 4 is 27.6 Å². The Balaban J connectivity index is 1.79. The van der Waals surface area contributed by atoms with Crippen LogP contribution in [0.3, 0.4) is 0 Å². The number of carbonyl (C=O) groups is 1. The van der Waals surface area contributed by atoms with Crippen LogP contribution >= 0.6 is 15.9 Å². The molecule has 0 saturated heterocycles. The third-order valence-corrected chi connectivity index (χ3v) is 4.79. The Bertz CT molecular complexity index is 678. The fraction of sp³-hybridized carbons (Fsp3) is 0.353. The Morgan fingerprint density at radius 1 is 1.23 bits per heavy atom. The molecule has 22 heavy (non-hydrogen) atoms. The molecule has 3 rings (SSSR count). The van der Waals surface area contributed by atoms with Crippen LogP contribution in [0.25, 0.3) is 0 Å². The molecule has 1 aliphatic heterocycles. The minimum Gasteiger partial charge on any atom is -0.345 e. The maximum absolute atomic E-state index is 12.6. The molecule has 0 spiro atoms. The van der Waals surface area contributed by atoms with Crippen molar-refractivity contribution in [1.29, 1.82) is 0 Å². The van der Waals surface area contributed by atoms with Crippen molar-refractivity contribution in [3.05, 3.63) is 52.3 Å². The summed E-state index contributed by atoms with van der Waals surface area (Å²) in [6, 6.07) is 12.0. The fourth-order valence-corrected chi connectivity index (χ4v) is 3.37. The van der Waals surface area contributed by atoms with E-state index < -0.39 is 0 Å². The SMILES string of the molecule is CCC1c2ccc(C)n2CCN1C(=O)Nc1ccc(Br)cc1. The summed E-state index contributed by atoms with van der Waals surface area (Å²) in [6.07, 6.45) is 0.914. The lowest BCUT2D eigenvalue weighted by Crippen LogP contribution is -2.44. The van der Waals surface area contributed by atoms with E-state index in [0.29, 0.717) is 0 Å². The number of aryl methyl sites for hydroxylation is 1. The molecular weight excluding hydrogens is 342 g/mol. The van der Waals surface area contributed by atoms with Crippen LogP contribution in [0, 0.1) is 6.92 Å². The number of benzene rings is 1. The molecule has 0 radical (unpaired) electrons. The quantitative estimate of drug-likeness (QED) is 0.836. The lowest BCUT2D eigenvalue weighted by molar-refractivity contribution is 0.165. The van der Waals surface area contributed by atoms with Gasteiger partial charge in [-0.05, 0) is 49.7 Å². The summed E-state index contributed by atoms with van der Waals surface area (Å²) in [5, 5.41) is 3.00. The second-order valence-corrected chi connectivity index (χ2v) is 6.52. The fourth-order valence-electron chi connectivity index (χ4n) is 3.11. The van der Waals surface area contributed by atoms with Gasteiger partial charge in [-0.3, -0.25) is 0 Å². The molecule has 0 saturated carbocycles. The van der Waals surface area contributed by atoms with Gasteiger partial charge in [0.25, 0.3) is 0 Å². The van der Waals surface area contributed by atoms with E-state index in [1.807, 2.05) is 29.2 Å². The number of halogens is 1. The van der Waals surface area contributed by atoms with Gasteiger partial charge in [-0.15, -0.1) is 0 Å². The average Bonchev–Trinajstić information content (AvgIpc) is 2.90. The van der Waals surface area contributed by atoms with Crippen molar-refractivity contribution in [3.63, 3.8) is 0 Å². The molecule has 1 unspecified atom stereocenters. The van der Waals surface area contributed by atoms with E-state index >= 15 is 0 Å². The summed E-state index contributed by atoms with van der Waals surface area (Å²) in [5.41, 5.74) is 3.32. The molecule has 0 fully saturated rings. The van der Waals surface area contributed by atoms with Crippen LogP contribution in [0.1, 0.15) is 30.8 Å². The van der Waals surface area contributed by atoms with Gasteiger partial charge in [-0.2, -0.15) is 0 Å². The largest absolute Gasteiger partial charge is 0.345 e. The zero-order chi connectivity index (χ0) is 15.7. The highest BCUT2D eigenvalue weighted by atomic mass is 79.9. The van der Waals surface area contributed by atoms with Gasteiger partial charge in [0.1, 0.15) is 0 Å². The topological polar surface area (TPSA) is 37.3 Å². The highest BCUT2D eigenvalue weighted by molar-refractivity contribution is 9.10. The van der Waals surface area contributed by atoms with Gasteiger partial charge in [0.2, 0.25) is 0 Å². The van der Waals surface area contributed by atoms with Crippen molar-refractivity contribution < 1.29 is 4.79 Å². The smallest absolute Gasteiger partial charge is 0.322 e. The molecule has 1 aromatic heterocycles. The molecule has 1 aromatic carbocycles. The second-order valence-electron chi connectivity index (χ2n) is 5.61. The summed E-state index contributed by atoms with van der Waals surface area (Å²) in [5.74, 6) is 0. The number of aromatic nitrogens is 1. The first kappa shape index (κ1) is 15.2. The van der Waals surface area contributed by atoms with Gasteiger partial charge < -0.3 is 14.8 Å². The molecule has 1 aliphatic rings. The van der Waals surface area contributed by atoms with Gasteiger partial charge in [-0.25, -0.2) is 4.79 Å². The number of hydrogen-bond acceptors (Lipinski definition) is 1. The maximum atomic E-state index is 12.6. The number of urea groups is 1. The zero-order valence-corrected chi connectivity index (χ0v) is 14.4. The summed E-state index contributed by atoms with van der Waals surface area (Å²) in [4.78, 5) is 14.6. The van der Waals surface area contributed by atoms with E-state index in [9.17, 15) is 4.79 Å². The lowest BCUT2D eigenvalue weighted by Gasteiger charge is -2.37. The minimum atomic E-state index is -0.0284. The summed E-state index contributed by atoms with van der Waals surface area (Å²) in [6.45, 7) is 5.85. The van der Waals surface area contributed by atoms with E-state index in [1.165, 1.54) is 11.4 Å². The van der Waals surface area contributed by atoms with Gasteiger partial charge in [0, 0.05) is 34.6 Å². The number of rotatable bonds is 2. The van der Waals surface area contributed by atoms with Crippen molar-refractivity contribution in [2.24, 2.45) is 0 Å². The van der Waals surface area contributed by atoms with Crippen LogP contribution < -0.4 is 5.32 Å². The molecule has 1 atom stereocenters. The normalized spacial score (nSPS) is 17.2. The number of amides is 2. The van der Waals surface area contributed by atoms with Crippen LogP contribution in [-0.4, -0.2) is 22.0 Å². The van der Waals surface area contributed by atoms with Gasteiger partial charge >= 0.3 is 6.03 Å². The zero-order valence-electron chi connectivity index (χ0n) is 12.8. The van der Waals surface area contributed by atoms with E-state index in [1.54, 1.807) is 0 Å². The number of hydrogen-bond donors (Lipinski definition) is 1. The molecule has 2 aromatic rings. The number of nitrogens with zero attached hydrogens (tertiary/aromatic N) is 2. The molecule has 4 nitrogen and oxygen atoms in total. The predicted octanol–water partition coefficient (Wildman–Crippen LogP) is 4.56. The van der Waals surface area contributed by atoms with Crippen LogP contribution in [0.4, 0.5) is 10.5 Å². The first-order valence-corrected chi connectivity index (χ1v) is 8.38. The Morgan fingerprint density at radius 3 is 2.64 bits per heavy atom. The molecule has 2 amide bonds. The molecule has 2 heterocycles. The van der Waals surface area contributed by atoms with Crippen LogP contribution in [-0.2, 0) is 6.54 Å². The monoisotopic (exact) mass is 361 g/mol. The van der Waals surface area contributed by atoms with E-state index in [0.717, 1.165) is 29.7 Å². The van der Waals surface area contributed by atoms with Crippen molar-refractivity contribution in [3.8, 4) is 0 Å². The molecule has 1 N–H and O–H groups in total. The van der Waals surface area contributed by atoms with Gasteiger partial charge in [0.15, 0.2) is 0 Å². The highest BCUT2D eigenvalue weighted by Gasteiger charge is 2.30. The number of anilines is 1.